The van der Waals surface area contributed by atoms with Crippen LogP contribution in [-0.2, 0) is 19.1 Å². The van der Waals surface area contributed by atoms with Crippen LogP contribution in [0.1, 0.15) is 37.7 Å². The number of Topliss-reactive ketones (excluding diaryl/α,β-unsaturated/α-hetero) is 1. The van der Waals surface area contributed by atoms with Crippen LogP contribution in [0, 0.1) is 0 Å². The predicted molar refractivity (Wildman–Crippen MR) is 141 cm³/mol. The average Bonchev–Trinajstić information content (AvgIpc) is 3.56. The number of thioether (sulfide) groups is 2. The topological polar surface area (TPSA) is 181 Å². The lowest BCUT2D eigenvalue weighted by atomic mass is 10.0. The second-order valence-electron chi connectivity index (χ2n) is 8.61. The molecule has 4 rings (SSSR count). The highest BCUT2D eigenvalue weighted by atomic mass is 32.2. The molecule has 202 valence electrons. The molecule has 2 aromatic rings. The minimum Gasteiger partial charge on any atom is -0.477 e. The van der Waals surface area contributed by atoms with Crippen molar-refractivity contribution < 1.29 is 33.8 Å². The highest BCUT2D eigenvalue weighted by Gasteiger charge is 2.54. The SMILES string of the molecule is CCC(C)(C)OC(=O)Nc1nc(C(=O)C(=O)NC2C(=O)N3C(C(=O)O)=C(CSc4nncs4)CS[C@@H]23)cs1. The van der Waals surface area contributed by atoms with E-state index in [1.54, 1.807) is 19.4 Å². The summed E-state index contributed by atoms with van der Waals surface area (Å²) in [7, 11) is 0. The van der Waals surface area contributed by atoms with Crippen molar-refractivity contribution in [3.63, 3.8) is 0 Å². The molecule has 17 heteroatoms. The van der Waals surface area contributed by atoms with E-state index in [1.165, 1.54) is 40.2 Å². The number of β-lactam (4-membered cyclic amide) rings is 1. The van der Waals surface area contributed by atoms with E-state index in [-0.39, 0.29) is 16.5 Å². The zero-order valence-electron chi connectivity index (χ0n) is 20.2. The fourth-order valence-electron chi connectivity index (χ4n) is 3.36. The number of amides is 3. The van der Waals surface area contributed by atoms with Crippen molar-refractivity contribution in [3.8, 4) is 0 Å². The molecule has 0 aliphatic carbocycles. The van der Waals surface area contributed by atoms with Crippen molar-refractivity contribution in [3.05, 3.63) is 27.9 Å². The van der Waals surface area contributed by atoms with E-state index in [0.29, 0.717) is 27.8 Å². The Morgan fingerprint density at radius 2 is 2.05 bits per heavy atom. The first-order chi connectivity index (χ1) is 18.0. The van der Waals surface area contributed by atoms with Gasteiger partial charge in [0, 0.05) is 16.9 Å². The number of anilines is 1. The molecular weight excluding hydrogens is 577 g/mol. The summed E-state index contributed by atoms with van der Waals surface area (Å²) in [6.07, 6.45) is -0.153. The molecule has 38 heavy (non-hydrogen) atoms. The van der Waals surface area contributed by atoms with Crippen molar-refractivity contribution in [1.29, 1.82) is 0 Å². The number of rotatable bonds is 10. The quantitative estimate of drug-likeness (QED) is 0.158. The van der Waals surface area contributed by atoms with Crippen LogP contribution in [0.4, 0.5) is 9.93 Å². The molecule has 0 radical (unpaired) electrons. The first-order valence-corrected chi connectivity index (χ1v) is 14.9. The molecule has 4 heterocycles. The summed E-state index contributed by atoms with van der Waals surface area (Å²) in [5.41, 5.74) is 1.10. The van der Waals surface area contributed by atoms with E-state index in [9.17, 15) is 29.1 Å². The molecule has 3 amide bonds. The molecule has 2 atom stereocenters. The maximum atomic E-state index is 12.8. The minimum absolute atomic E-state index is 0.0713. The van der Waals surface area contributed by atoms with Gasteiger partial charge in [0.1, 0.15) is 33.9 Å². The number of fused-ring (bicyclic) bond motifs is 1. The van der Waals surface area contributed by atoms with Gasteiger partial charge in [-0.3, -0.25) is 24.6 Å². The largest absolute Gasteiger partial charge is 0.477 e. The predicted octanol–water partition coefficient (Wildman–Crippen LogP) is 2.45. The first kappa shape index (κ1) is 28.0. The summed E-state index contributed by atoms with van der Waals surface area (Å²) >= 11 is 4.88. The number of ketones is 1. The van der Waals surface area contributed by atoms with E-state index < -0.39 is 46.7 Å². The smallest absolute Gasteiger partial charge is 0.413 e. The molecule has 0 bridgehead atoms. The number of nitrogens with zero attached hydrogens (tertiary/aromatic N) is 4. The van der Waals surface area contributed by atoms with Gasteiger partial charge in [-0.1, -0.05) is 30.0 Å². The fourth-order valence-corrected chi connectivity index (χ4v) is 7.01. The number of carboxylic acid groups (broad SMARTS) is 1. The second-order valence-corrected chi connectivity index (χ2v) is 12.6. The van der Waals surface area contributed by atoms with Gasteiger partial charge in [-0.25, -0.2) is 14.6 Å². The van der Waals surface area contributed by atoms with Gasteiger partial charge >= 0.3 is 12.1 Å². The molecule has 0 spiro atoms. The summed E-state index contributed by atoms with van der Waals surface area (Å²) in [4.78, 5) is 67.2. The molecule has 1 unspecified atom stereocenters. The zero-order valence-corrected chi connectivity index (χ0v) is 23.5. The molecule has 3 N–H and O–H groups in total. The van der Waals surface area contributed by atoms with Crippen molar-refractivity contribution in [2.24, 2.45) is 0 Å². The minimum atomic E-state index is -1.25. The van der Waals surface area contributed by atoms with Crippen LogP contribution in [0.2, 0.25) is 0 Å². The van der Waals surface area contributed by atoms with E-state index in [0.717, 1.165) is 16.2 Å². The Hall–Kier alpha value is -3.02. The summed E-state index contributed by atoms with van der Waals surface area (Å²) in [6.45, 7) is 5.36. The number of aromatic nitrogens is 3. The zero-order chi connectivity index (χ0) is 27.6. The Morgan fingerprint density at radius 1 is 1.29 bits per heavy atom. The Bertz CT molecular complexity index is 1310. The van der Waals surface area contributed by atoms with Gasteiger partial charge in [0.25, 0.3) is 17.6 Å². The number of nitrogens with one attached hydrogen (secondary N) is 2. The molecule has 0 aromatic carbocycles. The molecule has 1 saturated heterocycles. The fraction of sp³-hybridized carbons (Fsp3) is 0.429. The van der Waals surface area contributed by atoms with E-state index in [4.69, 9.17) is 4.74 Å². The van der Waals surface area contributed by atoms with Gasteiger partial charge in [-0.15, -0.1) is 33.3 Å². The van der Waals surface area contributed by atoms with Gasteiger partial charge < -0.3 is 15.2 Å². The van der Waals surface area contributed by atoms with Crippen LogP contribution in [0.15, 0.2) is 26.5 Å². The third-order valence-corrected chi connectivity index (χ3v) is 9.66. The molecule has 2 aliphatic heterocycles. The van der Waals surface area contributed by atoms with Gasteiger partial charge in [0.15, 0.2) is 9.47 Å². The molecule has 2 aliphatic rings. The average molecular weight is 599 g/mol. The van der Waals surface area contributed by atoms with Gasteiger partial charge in [-0.2, -0.15) is 0 Å². The van der Waals surface area contributed by atoms with Crippen LogP contribution >= 0.6 is 46.2 Å². The standard InChI is InChI=1S/C21H22N6O7S4/c1-4-21(2,3)34-19(33)25-18-23-10(7-36-18)13(28)14(29)24-11-15(30)27-12(17(31)32)9(5-35-16(11)27)6-37-20-26-22-8-38-20/h7-8,11,16H,4-6H2,1-3H3,(H,24,29)(H,31,32)(H,23,25,33)/t11?,16-/m0/s1. The summed E-state index contributed by atoms with van der Waals surface area (Å²) in [5, 5.41) is 23.0. The summed E-state index contributed by atoms with van der Waals surface area (Å²) < 4.78 is 5.94. The lowest BCUT2D eigenvalue weighted by Gasteiger charge is -2.49. The second kappa shape index (κ2) is 11.4. The van der Waals surface area contributed by atoms with Crippen molar-refractivity contribution >= 4 is 81.0 Å². The maximum absolute atomic E-state index is 12.8. The molecule has 1 fully saturated rings. The number of hydrogen-bond donors (Lipinski definition) is 3. The lowest BCUT2D eigenvalue weighted by molar-refractivity contribution is -0.150. The van der Waals surface area contributed by atoms with Crippen molar-refractivity contribution in [1.82, 2.24) is 25.4 Å². The Morgan fingerprint density at radius 3 is 2.71 bits per heavy atom. The normalized spacial score (nSPS) is 18.9. The molecule has 13 nitrogen and oxygen atoms in total. The van der Waals surface area contributed by atoms with Crippen LogP contribution in [0.25, 0.3) is 0 Å². The van der Waals surface area contributed by atoms with Crippen LogP contribution < -0.4 is 10.6 Å². The number of ether oxygens (including phenoxy) is 1. The van der Waals surface area contributed by atoms with Crippen molar-refractivity contribution in [2.45, 2.75) is 48.5 Å². The summed E-state index contributed by atoms with van der Waals surface area (Å²) in [6, 6.07) is -1.06. The number of carboxylic acids is 1. The highest BCUT2D eigenvalue weighted by molar-refractivity contribution is 8.01. The lowest BCUT2D eigenvalue weighted by Crippen LogP contribution is -2.71. The number of hydrogen-bond acceptors (Lipinski definition) is 13. The van der Waals surface area contributed by atoms with Gasteiger partial charge in [0.05, 0.1) is 0 Å². The Kier molecular flexibility index (Phi) is 8.39. The number of carbonyl (C=O) groups is 5. The van der Waals surface area contributed by atoms with Crippen LogP contribution in [0.3, 0.4) is 0 Å². The summed E-state index contributed by atoms with van der Waals surface area (Å²) in [5.74, 6) is -3.28. The maximum Gasteiger partial charge on any atom is 0.413 e. The van der Waals surface area contributed by atoms with Crippen molar-refractivity contribution in [2.75, 3.05) is 16.8 Å². The van der Waals surface area contributed by atoms with Crippen LogP contribution in [-0.4, -0.2) is 83.4 Å². The monoisotopic (exact) mass is 598 g/mol. The van der Waals surface area contributed by atoms with E-state index in [2.05, 4.69) is 25.8 Å². The number of aliphatic carboxylic acids is 1. The van der Waals surface area contributed by atoms with Gasteiger partial charge in [0.2, 0.25) is 0 Å². The first-order valence-electron chi connectivity index (χ1n) is 11.1. The third kappa shape index (κ3) is 6.00. The van der Waals surface area contributed by atoms with E-state index >= 15 is 0 Å². The molecular formula is C21H22N6O7S4. The number of carbonyl (C=O) groups excluding carboxylic acids is 4. The third-order valence-electron chi connectivity index (χ3n) is 5.62. The Balaban J connectivity index is 1.37. The Labute approximate surface area is 232 Å². The number of thiazole rings is 1. The van der Waals surface area contributed by atoms with Gasteiger partial charge in [-0.05, 0) is 25.8 Å². The molecule has 0 saturated carbocycles. The highest BCUT2D eigenvalue weighted by Crippen LogP contribution is 2.41. The van der Waals surface area contributed by atoms with E-state index in [1.807, 2.05) is 6.92 Å². The molecule has 2 aromatic heterocycles. The van der Waals surface area contributed by atoms with Crippen LogP contribution in [0.5, 0.6) is 0 Å².